The van der Waals surface area contributed by atoms with E-state index in [0.29, 0.717) is 25.6 Å². The van der Waals surface area contributed by atoms with Gasteiger partial charge >= 0.3 is 0 Å². The first-order valence-electron chi connectivity index (χ1n) is 7.43. The highest BCUT2D eigenvalue weighted by Gasteiger charge is 2.38. The molecule has 0 bridgehead atoms. The van der Waals surface area contributed by atoms with Crippen LogP contribution in [-0.4, -0.2) is 34.3 Å². The molecule has 1 aliphatic carbocycles. The molecule has 1 saturated heterocycles. The molecule has 3 rings (SSSR count). The second-order valence-corrected chi connectivity index (χ2v) is 5.82. The normalized spacial score (nSPS) is 23.5. The van der Waals surface area contributed by atoms with E-state index in [4.69, 9.17) is 0 Å². The molecule has 1 saturated carbocycles. The SMILES string of the molecule is O=C(NCc1cc[nH]c1)C1CC(=O)N(C2CCCC2)C1. The van der Waals surface area contributed by atoms with Crippen molar-refractivity contribution in [2.75, 3.05) is 6.54 Å². The molecule has 0 aromatic carbocycles. The van der Waals surface area contributed by atoms with E-state index >= 15 is 0 Å². The van der Waals surface area contributed by atoms with Gasteiger partial charge in [0.2, 0.25) is 11.8 Å². The quantitative estimate of drug-likeness (QED) is 0.873. The molecular weight excluding hydrogens is 254 g/mol. The predicted molar refractivity (Wildman–Crippen MR) is 74.7 cm³/mol. The third-order valence-corrected chi connectivity index (χ3v) is 4.42. The number of amides is 2. The van der Waals surface area contributed by atoms with Crippen molar-refractivity contribution in [3.63, 3.8) is 0 Å². The van der Waals surface area contributed by atoms with E-state index in [1.54, 1.807) is 0 Å². The third kappa shape index (κ3) is 2.71. The van der Waals surface area contributed by atoms with Crippen LogP contribution in [-0.2, 0) is 16.1 Å². The number of likely N-dealkylation sites (tertiary alicyclic amines) is 1. The number of aromatic amines is 1. The number of hydrogen-bond donors (Lipinski definition) is 2. The summed E-state index contributed by atoms with van der Waals surface area (Å²) in [6.07, 6.45) is 8.69. The van der Waals surface area contributed by atoms with Gasteiger partial charge in [-0.05, 0) is 24.5 Å². The van der Waals surface area contributed by atoms with Gasteiger partial charge in [0.1, 0.15) is 0 Å². The maximum Gasteiger partial charge on any atom is 0.225 e. The summed E-state index contributed by atoms with van der Waals surface area (Å²) in [5, 5.41) is 2.92. The van der Waals surface area contributed by atoms with E-state index in [2.05, 4.69) is 10.3 Å². The average Bonchev–Trinajstić information content (AvgIpc) is 3.17. The predicted octanol–water partition coefficient (Wildman–Crippen LogP) is 1.42. The molecule has 1 aromatic rings. The molecule has 2 aliphatic rings. The van der Waals surface area contributed by atoms with Gasteiger partial charge in [-0.2, -0.15) is 0 Å². The largest absolute Gasteiger partial charge is 0.367 e. The Kier molecular flexibility index (Phi) is 3.76. The first kappa shape index (κ1) is 13.2. The Hall–Kier alpha value is -1.78. The summed E-state index contributed by atoms with van der Waals surface area (Å²) >= 11 is 0. The Bertz CT molecular complexity index is 477. The van der Waals surface area contributed by atoms with Crippen LogP contribution in [0, 0.1) is 5.92 Å². The molecule has 1 atom stereocenters. The maximum absolute atomic E-state index is 12.1. The van der Waals surface area contributed by atoms with Gasteiger partial charge in [0, 0.05) is 37.9 Å². The van der Waals surface area contributed by atoms with E-state index in [-0.39, 0.29) is 17.7 Å². The first-order valence-corrected chi connectivity index (χ1v) is 7.43. The fourth-order valence-electron chi connectivity index (χ4n) is 3.28. The summed E-state index contributed by atoms with van der Waals surface area (Å²) in [6.45, 7) is 1.12. The van der Waals surface area contributed by atoms with Crippen molar-refractivity contribution in [2.45, 2.75) is 44.7 Å². The Labute approximate surface area is 118 Å². The van der Waals surface area contributed by atoms with Gasteiger partial charge in [-0.25, -0.2) is 0 Å². The first-order chi connectivity index (χ1) is 9.74. The van der Waals surface area contributed by atoms with Gasteiger partial charge in [-0.1, -0.05) is 12.8 Å². The summed E-state index contributed by atoms with van der Waals surface area (Å²) in [6, 6.07) is 2.32. The number of aromatic nitrogens is 1. The Balaban J connectivity index is 1.52. The topological polar surface area (TPSA) is 65.2 Å². The average molecular weight is 275 g/mol. The van der Waals surface area contributed by atoms with E-state index < -0.39 is 0 Å². The van der Waals surface area contributed by atoms with Gasteiger partial charge in [-0.15, -0.1) is 0 Å². The number of nitrogens with one attached hydrogen (secondary N) is 2. The molecule has 2 heterocycles. The van der Waals surface area contributed by atoms with E-state index in [9.17, 15) is 9.59 Å². The minimum absolute atomic E-state index is 0.0000435. The monoisotopic (exact) mass is 275 g/mol. The second kappa shape index (κ2) is 5.69. The van der Waals surface area contributed by atoms with Crippen LogP contribution in [0.1, 0.15) is 37.7 Å². The molecule has 2 fully saturated rings. The summed E-state index contributed by atoms with van der Waals surface area (Å²) in [4.78, 5) is 29.1. The fraction of sp³-hybridized carbons (Fsp3) is 0.600. The number of nitrogens with zero attached hydrogens (tertiary/aromatic N) is 1. The molecule has 20 heavy (non-hydrogen) atoms. The van der Waals surface area contributed by atoms with Crippen LogP contribution < -0.4 is 5.32 Å². The van der Waals surface area contributed by atoms with Crippen LogP contribution >= 0.6 is 0 Å². The standard InChI is InChI=1S/C15H21N3O2/c19-14-7-12(10-18(14)13-3-1-2-4-13)15(20)17-9-11-5-6-16-8-11/h5-6,8,12-13,16H,1-4,7,9-10H2,(H,17,20). The van der Waals surface area contributed by atoms with Gasteiger partial charge in [0.25, 0.3) is 0 Å². The van der Waals surface area contributed by atoms with E-state index in [1.807, 2.05) is 23.4 Å². The lowest BCUT2D eigenvalue weighted by Gasteiger charge is -2.23. The zero-order chi connectivity index (χ0) is 13.9. The van der Waals surface area contributed by atoms with Crippen molar-refractivity contribution in [3.8, 4) is 0 Å². The van der Waals surface area contributed by atoms with Gasteiger partial charge in [-0.3, -0.25) is 9.59 Å². The van der Waals surface area contributed by atoms with Gasteiger partial charge in [0.05, 0.1) is 5.92 Å². The summed E-state index contributed by atoms with van der Waals surface area (Å²) in [7, 11) is 0. The molecule has 1 aliphatic heterocycles. The minimum atomic E-state index is -0.179. The van der Waals surface area contributed by atoms with Crippen molar-refractivity contribution in [3.05, 3.63) is 24.0 Å². The number of rotatable bonds is 4. The summed E-state index contributed by atoms with van der Waals surface area (Å²) < 4.78 is 0. The summed E-state index contributed by atoms with van der Waals surface area (Å²) in [5.74, 6) is -0.0271. The highest BCUT2D eigenvalue weighted by Crippen LogP contribution is 2.29. The van der Waals surface area contributed by atoms with Crippen LogP contribution in [0.3, 0.4) is 0 Å². The van der Waals surface area contributed by atoms with Crippen molar-refractivity contribution < 1.29 is 9.59 Å². The zero-order valence-corrected chi connectivity index (χ0v) is 11.6. The third-order valence-electron chi connectivity index (χ3n) is 4.42. The van der Waals surface area contributed by atoms with E-state index in [1.165, 1.54) is 12.8 Å². The number of carbonyl (C=O) groups excluding carboxylic acids is 2. The van der Waals surface area contributed by atoms with Crippen molar-refractivity contribution in [1.29, 1.82) is 0 Å². The molecule has 1 unspecified atom stereocenters. The van der Waals surface area contributed by atoms with Gasteiger partial charge in [0.15, 0.2) is 0 Å². The van der Waals surface area contributed by atoms with Crippen molar-refractivity contribution >= 4 is 11.8 Å². The molecule has 108 valence electrons. The molecule has 0 radical (unpaired) electrons. The van der Waals surface area contributed by atoms with E-state index in [0.717, 1.165) is 18.4 Å². The summed E-state index contributed by atoms with van der Waals surface area (Å²) in [5.41, 5.74) is 1.05. The molecule has 2 amide bonds. The molecular formula is C15H21N3O2. The fourth-order valence-corrected chi connectivity index (χ4v) is 3.28. The Morgan fingerprint density at radius 1 is 1.40 bits per heavy atom. The second-order valence-electron chi connectivity index (χ2n) is 5.82. The maximum atomic E-state index is 12.1. The van der Waals surface area contributed by atoms with Crippen LogP contribution in [0.5, 0.6) is 0 Å². The number of H-pyrrole nitrogens is 1. The molecule has 0 spiro atoms. The highest BCUT2D eigenvalue weighted by atomic mass is 16.2. The van der Waals surface area contributed by atoms with Crippen LogP contribution in [0.25, 0.3) is 0 Å². The van der Waals surface area contributed by atoms with Crippen molar-refractivity contribution in [2.24, 2.45) is 5.92 Å². The molecule has 2 N–H and O–H groups in total. The zero-order valence-electron chi connectivity index (χ0n) is 11.6. The lowest BCUT2D eigenvalue weighted by Crippen LogP contribution is -2.36. The lowest BCUT2D eigenvalue weighted by atomic mass is 10.1. The highest BCUT2D eigenvalue weighted by molar-refractivity contribution is 5.89. The van der Waals surface area contributed by atoms with Crippen LogP contribution in [0.2, 0.25) is 0 Å². The Morgan fingerprint density at radius 2 is 2.20 bits per heavy atom. The molecule has 5 heteroatoms. The molecule has 5 nitrogen and oxygen atoms in total. The lowest BCUT2D eigenvalue weighted by molar-refractivity contribution is -0.130. The van der Waals surface area contributed by atoms with Crippen molar-refractivity contribution in [1.82, 2.24) is 15.2 Å². The number of carbonyl (C=O) groups is 2. The minimum Gasteiger partial charge on any atom is -0.367 e. The van der Waals surface area contributed by atoms with Crippen LogP contribution in [0.4, 0.5) is 0 Å². The smallest absolute Gasteiger partial charge is 0.225 e. The van der Waals surface area contributed by atoms with Crippen LogP contribution in [0.15, 0.2) is 18.5 Å². The molecule has 1 aromatic heterocycles. The Morgan fingerprint density at radius 3 is 2.90 bits per heavy atom. The van der Waals surface area contributed by atoms with Gasteiger partial charge < -0.3 is 15.2 Å². The number of hydrogen-bond acceptors (Lipinski definition) is 2.